The van der Waals surface area contributed by atoms with E-state index in [2.05, 4.69) is 0 Å². The summed E-state index contributed by atoms with van der Waals surface area (Å²) < 4.78 is 7.19. The van der Waals surface area contributed by atoms with E-state index in [-0.39, 0.29) is 12.2 Å². The molecule has 1 aliphatic heterocycles. The zero-order valence-corrected chi connectivity index (χ0v) is 15.0. The van der Waals surface area contributed by atoms with E-state index >= 15 is 0 Å². The zero-order chi connectivity index (χ0) is 19.0. The molecule has 3 aromatic rings. The lowest BCUT2D eigenvalue weighted by Crippen LogP contribution is -2.25. The Balaban J connectivity index is 1.71. The Hall–Kier alpha value is -3.34. The van der Waals surface area contributed by atoms with Gasteiger partial charge in [-0.15, -0.1) is 0 Å². The molecule has 2 aromatic carbocycles. The predicted molar refractivity (Wildman–Crippen MR) is 100 cm³/mol. The molecular weight excluding hydrogens is 344 g/mol. The minimum Gasteiger partial charge on any atom is -0.426 e. The summed E-state index contributed by atoms with van der Waals surface area (Å²) in [6.45, 7) is 2.01. The number of rotatable bonds is 4. The lowest BCUT2D eigenvalue weighted by molar-refractivity contribution is -0.143. The van der Waals surface area contributed by atoms with Gasteiger partial charge in [0.05, 0.1) is 24.7 Å². The summed E-state index contributed by atoms with van der Waals surface area (Å²) in [5.41, 5.74) is 2.78. The number of fused-ring (bicyclic) bond motifs is 3. The minimum atomic E-state index is -0.477. The number of hydrogen-bond acceptors (Lipinski definition) is 5. The molecule has 1 unspecified atom stereocenters. The van der Waals surface area contributed by atoms with Gasteiger partial charge in [-0.1, -0.05) is 29.8 Å². The second-order valence-corrected chi connectivity index (χ2v) is 6.41. The average molecular weight is 362 g/mol. The highest BCUT2D eigenvalue weighted by Crippen LogP contribution is 2.41. The molecule has 0 radical (unpaired) electrons. The van der Waals surface area contributed by atoms with E-state index in [0.717, 1.165) is 22.2 Å². The van der Waals surface area contributed by atoms with Crippen molar-refractivity contribution in [1.82, 2.24) is 9.63 Å². The van der Waals surface area contributed by atoms with E-state index in [1.807, 2.05) is 43.2 Å². The number of benzene rings is 2. The molecule has 0 fully saturated rings. The third-order valence-electron chi connectivity index (χ3n) is 4.65. The first kappa shape index (κ1) is 17.1. The maximum absolute atomic E-state index is 12.5. The van der Waals surface area contributed by atoms with E-state index in [9.17, 15) is 9.59 Å². The van der Waals surface area contributed by atoms with Crippen LogP contribution in [0.2, 0.25) is 0 Å². The van der Waals surface area contributed by atoms with Crippen molar-refractivity contribution in [3.63, 3.8) is 0 Å². The maximum atomic E-state index is 12.5. The summed E-state index contributed by atoms with van der Waals surface area (Å²) in [6.07, 6.45) is 0.0310. The van der Waals surface area contributed by atoms with Gasteiger partial charge in [0.2, 0.25) is 5.82 Å². The van der Waals surface area contributed by atoms with Crippen LogP contribution >= 0.6 is 0 Å². The topological polar surface area (TPSA) is 60.8 Å². The van der Waals surface area contributed by atoms with Crippen molar-refractivity contribution in [2.45, 2.75) is 19.4 Å². The van der Waals surface area contributed by atoms with Crippen LogP contribution in [0.5, 0.6) is 5.75 Å². The quantitative estimate of drug-likeness (QED) is 0.404. The molecule has 0 aliphatic carbocycles. The van der Waals surface area contributed by atoms with Gasteiger partial charge in [0.25, 0.3) is 0 Å². The molecule has 0 saturated carbocycles. The number of aromatic nitrogens is 1. The molecule has 2 heterocycles. The maximum Gasteiger partial charge on any atom is 0.313 e. The molecule has 136 valence electrons. The van der Waals surface area contributed by atoms with Crippen molar-refractivity contribution in [2.75, 3.05) is 7.11 Å². The van der Waals surface area contributed by atoms with Crippen LogP contribution in [-0.4, -0.2) is 28.7 Å². The van der Waals surface area contributed by atoms with Crippen LogP contribution in [0, 0.1) is 6.92 Å². The smallest absolute Gasteiger partial charge is 0.313 e. The fourth-order valence-electron chi connectivity index (χ4n) is 3.52. The lowest BCUT2D eigenvalue weighted by Gasteiger charge is -2.22. The Bertz CT molecular complexity index is 1060. The number of aryl methyl sites for hydroxylation is 1. The monoisotopic (exact) mass is 362 g/mol. The summed E-state index contributed by atoms with van der Waals surface area (Å²) >= 11 is 0. The van der Waals surface area contributed by atoms with E-state index in [4.69, 9.17) is 9.57 Å². The molecule has 0 spiro atoms. The third-order valence-corrected chi connectivity index (χ3v) is 4.65. The summed E-state index contributed by atoms with van der Waals surface area (Å²) in [7, 11) is 1.46. The second kappa shape index (κ2) is 6.76. The first-order valence-electron chi connectivity index (χ1n) is 8.59. The van der Waals surface area contributed by atoms with Crippen LogP contribution in [0.25, 0.3) is 16.7 Å². The Morgan fingerprint density at radius 3 is 2.63 bits per heavy atom. The number of hydroxylamine groups is 2. The van der Waals surface area contributed by atoms with E-state index in [1.54, 1.807) is 28.8 Å². The van der Waals surface area contributed by atoms with Crippen LogP contribution in [0.3, 0.4) is 0 Å². The van der Waals surface area contributed by atoms with Gasteiger partial charge in [-0.2, -0.15) is 0 Å². The Labute approximate surface area is 156 Å². The number of nitrogens with zero attached hydrogens (tertiary/aromatic N) is 2. The van der Waals surface area contributed by atoms with Crippen LogP contribution in [0.4, 0.5) is 0 Å². The van der Waals surface area contributed by atoms with Crippen molar-refractivity contribution in [2.24, 2.45) is 0 Å². The third kappa shape index (κ3) is 2.91. The standard InChI is InChI=1S/C21H18N2O4/c1-14-8-9-17-15(10-14)11-18-19(23(26-2)20(13-24)22(17)18)12-21(25)27-16-6-4-3-5-7-16/h3-11,19H,12H2,1-2H3. The first-order chi connectivity index (χ1) is 13.1. The van der Waals surface area contributed by atoms with Crippen LogP contribution in [0.1, 0.15) is 23.7 Å². The Morgan fingerprint density at radius 2 is 1.93 bits per heavy atom. The Kier molecular flexibility index (Phi) is 4.28. The zero-order valence-electron chi connectivity index (χ0n) is 15.0. The van der Waals surface area contributed by atoms with Crippen LogP contribution in [-0.2, 0) is 14.4 Å². The minimum absolute atomic E-state index is 0.0310. The van der Waals surface area contributed by atoms with Gasteiger partial charge in [0.15, 0.2) is 5.94 Å². The van der Waals surface area contributed by atoms with Crippen molar-refractivity contribution < 1.29 is 19.2 Å². The van der Waals surface area contributed by atoms with Gasteiger partial charge in [-0.3, -0.25) is 14.2 Å². The van der Waals surface area contributed by atoms with E-state index in [0.29, 0.717) is 5.75 Å². The SMILES string of the molecule is CON1C(=C=O)n2c(cc3cc(C)ccc32)C1CC(=O)Oc1ccccc1. The number of ether oxygens (including phenoxy) is 1. The van der Waals surface area contributed by atoms with Crippen molar-refractivity contribution in [3.8, 4) is 5.75 Å². The van der Waals surface area contributed by atoms with Gasteiger partial charge in [0, 0.05) is 5.39 Å². The number of hydrogen-bond donors (Lipinski definition) is 0. The van der Waals surface area contributed by atoms with Crippen LogP contribution < -0.4 is 4.74 Å². The molecule has 0 N–H and O–H groups in total. The summed E-state index contributed by atoms with van der Waals surface area (Å²) in [5, 5.41) is 2.41. The summed E-state index contributed by atoms with van der Waals surface area (Å²) in [4.78, 5) is 29.5. The van der Waals surface area contributed by atoms with Gasteiger partial charge < -0.3 is 4.74 Å². The van der Waals surface area contributed by atoms with Gasteiger partial charge >= 0.3 is 5.97 Å². The predicted octanol–water partition coefficient (Wildman–Crippen LogP) is 3.49. The molecule has 0 amide bonds. The van der Waals surface area contributed by atoms with E-state index in [1.165, 1.54) is 12.2 Å². The fourth-order valence-corrected chi connectivity index (χ4v) is 3.52. The summed E-state index contributed by atoms with van der Waals surface area (Å²) in [6, 6.07) is 16.3. The molecule has 1 atom stereocenters. The molecule has 1 aliphatic rings. The van der Waals surface area contributed by atoms with Gasteiger partial charge in [-0.05, 0) is 37.3 Å². The van der Waals surface area contributed by atoms with Crippen molar-refractivity contribution in [1.29, 1.82) is 0 Å². The van der Waals surface area contributed by atoms with Gasteiger partial charge in [-0.25, -0.2) is 9.86 Å². The molecule has 1 aromatic heterocycles. The number of carbonyl (C=O) groups excluding carboxylic acids is 2. The molecule has 0 saturated heterocycles. The molecule has 0 bridgehead atoms. The lowest BCUT2D eigenvalue weighted by atomic mass is 10.1. The number of esters is 1. The molecule has 6 heteroatoms. The fraction of sp³-hybridized carbons (Fsp3) is 0.190. The highest BCUT2D eigenvalue weighted by atomic mass is 16.7. The molecule has 4 rings (SSSR count). The van der Waals surface area contributed by atoms with Gasteiger partial charge in [0.1, 0.15) is 11.8 Å². The molecule has 27 heavy (non-hydrogen) atoms. The number of carbonyl (C=O) groups is 1. The normalized spacial score (nSPS) is 15.7. The summed E-state index contributed by atoms with van der Waals surface area (Å²) in [5.74, 6) is 2.24. The molecule has 6 nitrogen and oxygen atoms in total. The number of para-hydroxylation sites is 1. The second-order valence-electron chi connectivity index (χ2n) is 6.41. The first-order valence-corrected chi connectivity index (χ1v) is 8.59. The highest BCUT2D eigenvalue weighted by molar-refractivity contribution is 5.91. The Morgan fingerprint density at radius 1 is 1.15 bits per heavy atom. The molecular formula is C21H18N2O4. The van der Waals surface area contributed by atoms with Crippen molar-refractivity contribution in [3.05, 3.63) is 65.9 Å². The van der Waals surface area contributed by atoms with Crippen LogP contribution in [0.15, 0.2) is 54.6 Å². The van der Waals surface area contributed by atoms with Crippen molar-refractivity contribution >= 4 is 28.6 Å². The average Bonchev–Trinajstić information content (AvgIpc) is 3.16. The largest absolute Gasteiger partial charge is 0.426 e. The van der Waals surface area contributed by atoms with E-state index < -0.39 is 12.0 Å². The highest BCUT2D eigenvalue weighted by Gasteiger charge is 2.38.